The molecule has 0 aliphatic carbocycles. The third kappa shape index (κ3) is 27.5. The molecule has 2 rings (SSSR count). The number of amides is 1. The molecule has 2 heterocycles. The maximum absolute atomic E-state index is 13.2. The number of carbonyl (C=O) groups is 1. The zero-order valence-electron chi connectivity index (χ0n) is 42.9. The van der Waals surface area contributed by atoms with Crippen LogP contribution in [0.5, 0.6) is 0 Å². The minimum Gasteiger partial charge on any atom is -0.394 e. The van der Waals surface area contributed by atoms with Crippen LogP contribution in [0.4, 0.5) is 0 Å². The van der Waals surface area contributed by atoms with E-state index in [2.05, 4.69) is 19.2 Å². The Labute approximate surface area is 412 Å². The molecular formula is C54H103NO13. The molecule has 2 fully saturated rings. The van der Waals surface area contributed by atoms with E-state index in [4.69, 9.17) is 18.9 Å². The number of hydrogen-bond acceptors (Lipinski definition) is 13. The average molecular weight is 974 g/mol. The molecule has 14 heteroatoms. The Balaban J connectivity index is 1.71. The molecule has 2 aliphatic rings. The topological polar surface area (TPSA) is 228 Å². The Hall–Kier alpha value is -1.27. The standard InChI is InChI=1S/C54H103NO13/c1-3-5-7-9-11-13-15-16-17-18-19-20-21-22-23-24-25-26-27-28-30-32-34-36-38-46(59)55-42(43(58)37-35-33-31-29-14-12-10-8-6-4-2)41-65-53-51(64)49(62)52(45(40-57)67-53)68-54-50(63)48(61)47(60)44(39-56)66-54/h35,37,42-45,47-54,56-58,60-64H,3-34,36,38-41H2,1-2H3,(H,55,59)/b37-35+/t42-,43+,44+,45+,47-,48?,49?,50?,51?,52+,53+,54-/m0/s1. The molecule has 4 unspecified atom stereocenters. The SMILES string of the molecule is CCCCCCCCCC/C=C/[C@@H](O)[C@H](CO[C@@H]1O[C@H](CO)[C@@H](O[C@@H]2O[C@H](CO)[C@H](O)C(O)C2O)C(O)C1O)NC(=O)CCCCCCCCCCCCCCCCCCCCCCCCCC. The summed E-state index contributed by atoms with van der Waals surface area (Å²) in [5, 5.41) is 86.7. The highest BCUT2D eigenvalue weighted by molar-refractivity contribution is 5.76. The summed E-state index contributed by atoms with van der Waals surface area (Å²) < 4.78 is 22.7. The largest absolute Gasteiger partial charge is 0.394 e. The van der Waals surface area contributed by atoms with Gasteiger partial charge in [-0.2, -0.15) is 0 Å². The van der Waals surface area contributed by atoms with Gasteiger partial charge >= 0.3 is 0 Å². The van der Waals surface area contributed by atoms with Gasteiger partial charge in [-0.15, -0.1) is 0 Å². The maximum Gasteiger partial charge on any atom is 0.220 e. The van der Waals surface area contributed by atoms with Crippen LogP contribution in [0, 0.1) is 0 Å². The minimum absolute atomic E-state index is 0.237. The van der Waals surface area contributed by atoms with Crippen LogP contribution in [0.3, 0.4) is 0 Å². The van der Waals surface area contributed by atoms with Crippen molar-refractivity contribution in [2.24, 2.45) is 0 Å². The van der Waals surface area contributed by atoms with E-state index < -0.39 is 86.8 Å². The van der Waals surface area contributed by atoms with Crippen molar-refractivity contribution in [1.82, 2.24) is 5.32 Å². The molecule has 68 heavy (non-hydrogen) atoms. The van der Waals surface area contributed by atoms with Gasteiger partial charge in [-0.3, -0.25) is 4.79 Å². The summed E-state index contributed by atoms with van der Waals surface area (Å²) in [6, 6.07) is -0.907. The van der Waals surface area contributed by atoms with Crippen molar-refractivity contribution in [1.29, 1.82) is 0 Å². The number of hydrogen-bond donors (Lipinski definition) is 9. The van der Waals surface area contributed by atoms with E-state index in [1.54, 1.807) is 6.08 Å². The van der Waals surface area contributed by atoms with Crippen LogP contribution in [-0.2, 0) is 23.7 Å². The summed E-state index contributed by atoms with van der Waals surface area (Å²) in [6.45, 7) is 2.78. The first-order valence-corrected chi connectivity index (χ1v) is 27.9. The lowest BCUT2D eigenvalue weighted by molar-refractivity contribution is -0.359. The van der Waals surface area contributed by atoms with Crippen molar-refractivity contribution in [2.75, 3.05) is 19.8 Å². The van der Waals surface area contributed by atoms with Crippen LogP contribution in [0.1, 0.15) is 232 Å². The first-order chi connectivity index (χ1) is 33.1. The average Bonchev–Trinajstić information content (AvgIpc) is 3.34. The maximum atomic E-state index is 13.2. The zero-order valence-corrected chi connectivity index (χ0v) is 42.9. The molecule has 402 valence electrons. The molecule has 0 aromatic heterocycles. The number of aliphatic hydroxyl groups excluding tert-OH is 8. The second-order valence-corrected chi connectivity index (χ2v) is 20.1. The number of aliphatic hydroxyl groups is 8. The van der Waals surface area contributed by atoms with Crippen LogP contribution in [0.2, 0.25) is 0 Å². The molecule has 14 nitrogen and oxygen atoms in total. The lowest BCUT2D eigenvalue weighted by Gasteiger charge is -2.46. The van der Waals surface area contributed by atoms with Crippen LogP contribution in [0.15, 0.2) is 12.2 Å². The molecular weight excluding hydrogens is 871 g/mol. The Morgan fingerprint density at radius 2 is 0.912 bits per heavy atom. The predicted molar refractivity (Wildman–Crippen MR) is 268 cm³/mol. The monoisotopic (exact) mass is 974 g/mol. The summed E-state index contributed by atoms with van der Waals surface area (Å²) in [5.74, 6) is -0.237. The quantitative estimate of drug-likeness (QED) is 0.0207. The smallest absolute Gasteiger partial charge is 0.220 e. The third-order valence-corrected chi connectivity index (χ3v) is 14.0. The molecule has 0 saturated carbocycles. The van der Waals surface area contributed by atoms with Gasteiger partial charge in [-0.25, -0.2) is 0 Å². The van der Waals surface area contributed by atoms with E-state index >= 15 is 0 Å². The van der Waals surface area contributed by atoms with Crippen molar-refractivity contribution in [3.8, 4) is 0 Å². The summed E-state index contributed by atoms with van der Waals surface area (Å²) in [5.41, 5.74) is 0. The van der Waals surface area contributed by atoms with Crippen LogP contribution in [0.25, 0.3) is 0 Å². The van der Waals surface area contributed by atoms with Crippen molar-refractivity contribution < 1.29 is 64.6 Å². The first-order valence-electron chi connectivity index (χ1n) is 27.9. The van der Waals surface area contributed by atoms with Gasteiger partial charge in [0.05, 0.1) is 32.0 Å². The van der Waals surface area contributed by atoms with E-state index in [1.807, 2.05) is 6.08 Å². The molecule has 2 aliphatic heterocycles. The van der Waals surface area contributed by atoms with Gasteiger partial charge in [0.2, 0.25) is 5.91 Å². The number of allylic oxidation sites excluding steroid dienone is 1. The van der Waals surface area contributed by atoms with Crippen molar-refractivity contribution in [2.45, 2.75) is 306 Å². The fourth-order valence-corrected chi connectivity index (χ4v) is 9.41. The lowest BCUT2D eigenvalue weighted by Crippen LogP contribution is -2.65. The second kappa shape index (κ2) is 41.2. The molecule has 0 spiro atoms. The summed E-state index contributed by atoms with van der Waals surface area (Å²) in [6.07, 6.45) is 28.4. The Kier molecular flexibility index (Phi) is 38.1. The van der Waals surface area contributed by atoms with Gasteiger partial charge in [0, 0.05) is 6.42 Å². The third-order valence-electron chi connectivity index (χ3n) is 14.0. The normalized spacial score (nSPS) is 26.4. The molecule has 0 radical (unpaired) electrons. The van der Waals surface area contributed by atoms with E-state index in [9.17, 15) is 45.6 Å². The molecule has 12 atom stereocenters. The number of rotatable bonds is 44. The van der Waals surface area contributed by atoms with Crippen LogP contribution >= 0.6 is 0 Å². The summed E-state index contributed by atoms with van der Waals surface area (Å²) >= 11 is 0. The fraction of sp³-hybridized carbons (Fsp3) is 0.944. The molecule has 0 aromatic carbocycles. The minimum atomic E-state index is -1.78. The van der Waals surface area contributed by atoms with Crippen molar-refractivity contribution in [3.63, 3.8) is 0 Å². The highest BCUT2D eigenvalue weighted by Gasteiger charge is 2.51. The van der Waals surface area contributed by atoms with Crippen LogP contribution < -0.4 is 5.32 Å². The van der Waals surface area contributed by atoms with E-state index in [0.717, 1.165) is 38.5 Å². The predicted octanol–water partition coefficient (Wildman–Crippen LogP) is 8.33. The molecule has 0 aromatic rings. The zero-order chi connectivity index (χ0) is 49.6. The summed E-state index contributed by atoms with van der Waals surface area (Å²) in [7, 11) is 0. The van der Waals surface area contributed by atoms with Gasteiger partial charge in [0.15, 0.2) is 12.6 Å². The number of carbonyl (C=O) groups excluding carboxylic acids is 1. The van der Waals surface area contributed by atoms with E-state index in [0.29, 0.717) is 6.42 Å². The van der Waals surface area contributed by atoms with E-state index in [-0.39, 0.29) is 18.9 Å². The molecule has 0 bridgehead atoms. The number of unbranched alkanes of at least 4 members (excludes halogenated alkanes) is 31. The van der Waals surface area contributed by atoms with Gasteiger partial charge in [-0.1, -0.05) is 219 Å². The molecule has 2 saturated heterocycles. The van der Waals surface area contributed by atoms with Crippen molar-refractivity contribution >= 4 is 5.91 Å². The number of nitrogens with one attached hydrogen (secondary N) is 1. The van der Waals surface area contributed by atoms with Crippen LogP contribution in [-0.4, -0.2) is 140 Å². The molecule has 9 N–H and O–H groups in total. The second-order valence-electron chi connectivity index (χ2n) is 20.1. The van der Waals surface area contributed by atoms with Crippen molar-refractivity contribution in [3.05, 3.63) is 12.2 Å². The highest BCUT2D eigenvalue weighted by Crippen LogP contribution is 2.30. The lowest BCUT2D eigenvalue weighted by atomic mass is 9.97. The molecule has 1 amide bonds. The Bertz CT molecular complexity index is 1200. The Morgan fingerprint density at radius 1 is 0.515 bits per heavy atom. The van der Waals surface area contributed by atoms with Gasteiger partial charge < -0.3 is 65.1 Å². The Morgan fingerprint density at radius 3 is 1.35 bits per heavy atom. The highest BCUT2D eigenvalue weighted by atomic mass is 16.7. The van der Waals surface area contributed by atoms with E-state index in [1.165, 1.54) is 167 Å². The number of ether oxygens (including phenoxy) is 4. The first kappa shape index (κ1) is 62.8. The summed E-state index contributed by atoms with van der Waals surface area (Å²) in [4.78, 5) is 13.2. The fourth-order valence-electron chi connectivity index (χ4n) is 9.41. The van der Waals surface area contributed by atoms with Gasteiger partial charge in [-0.05, 0) is 19.3 Å². The van der Waals surface area contributed by atoms with Gasteiger partial charge in [0.1, 0.15) is 48.8 Å². The van der Waals surface area contributed by atoms with Gasteiger partial charge in [0.25, 0.3) is 0 Å².